The molecule has 1 fully saturated rings. The molecule has 3 N–H and O–H groups in total. The molecule has 0 atom stereocenters. The van der Waals surface area contributed by atoms with E-state index in [0.717, 1.165) is 44.2 Å². The zero-order valence-corrected chi connectivity index (χ0v) is 14.0. The third-order valence-electron chi connectivity index (χ3n) is 4.34. The van der Waals surface area contributed by atoms with Crippen molar-refractivity contribution in [3.05, 3.63) is 34.7 Å². The molecule has 0 radical (unpaired) electrons. The summed E-state index contributed by atoms with van der Waals surface area (Å²) in [7, 11) is 1.91. The minimum atomic E-state index is 0.893. The van der Waals surface area contributed by atoms with Gasteiger partial charge >= 0.3 is 0 Å². The van der Waals surface area contributed by atoms with Crippen LogP contribution < -0.4 is 10.6 Å². The van der Waals surface area contributed by atoms with Crippen LogP contribution in [-0.2, 0) is 6.54 Å². The van der Waals surface area contributed by atoms with Gasteiger partial charge in [0.05, 0.1) is 0 Å². The van der Waals surface area contributed by atoms with Gasteiger partial charge < -0.3 is 15.6 Å². The van der Waals surface area contributed by atoms with Gasteiger partial charge in [0.15, 0.2) is 0 Å². The Hall–Kier alpha value is -1.89. The van der Waals surface area contributed by atoms with Gasteiger partial charge in [-0.05, 0) is 34.7 Å². The Morgan fingerprint density at radius 2 is 2.17 bits per heavy atom. The molecule has 3 aromatic rings. The number of pyridine rings is 1. The highest BCUT2D eigenvalue weighted by Gasteiger charge is 2.13. The van der Waals surface area contributed by atoms with Crippen molar-refractivity contribution in [2.75, 3.05) is 38.5 Å². The summed E-state index contributed by atoms with van der Waals surface area (Å²) >= 11 is 1.85. The Morgan fingerprint density at radius 1 is 1.30 bits per heavy atom. The van der Waals surface area contributed by atoms with E-state index in [9.17, 15) is 0 Å². The number of rotatable bonds is 4. The summed E-state index contributed by atoms with van der Waals surface area (Å²) in [6.07, 6.45) is 1.95. The molecule has 0 saturated carbocycles. The summed E-state index contributed by atoms with van der Waals surface area (Å²) in [6, 6.07) is 6.56. The number of hydrogen-bond donors (Lipinski definition) is 3. The van der Waals surface area contributed by atoms with E-state index >= 15 is 0 Å². The van der Waals surface area contributed by atoms with Crippen LogP contribution in [0, 0.1) is 0 Å². The molecule has 0 bridgehead atoms. The third kappa shape index (κ3) is 2.97. The quantitative estimate of drug-likeness (QED) is 0.690. The highest BCUT2D eigenvalue weighted by atomic mass is 32.1. The lowest BCUT2D eigenvalue weighted by atomic mass is 10.1. The number of H-pyrrole nitrogens is 1. The maximum Gasteiger partial charge on any atom is 0.140 e. The first-order chi connectivity index (χ1) is 11.3. The second kappa shape index (κ2) is 6.31. The average Bonchev–Trinajstić information content (AvgIpc) is 3.24. The predicted octanol–water partition coefficient (Wildman–Crippen LogP) is 2.74. The van der Waals surface area contributed by atoms with Crippen LogP contribution >= 0.6 is 11.3 Å². The normalized spacial score (nSPS) is 16.0. The van der Waals surface area contributed by atoms with E-state index in [1.165, 1.54) is 21.4 Å². The smallest absolute Gasteiger partial charge is 0.140 e. The Morgan fingerprint density at radius 3 is 3.00 bits per heavy atom. The molecule has 0 aromatic carbocycles. The monoisotopic (exact) mass is 327 g/mol. The van der Waals surface area contributed by atoms with Crippen LogP contribution in [0.5, 0.6) is 0 Å². The number of anilines is 1. The molecule has 1 saturated heterocycles. The number of aromatic nitrogens is 2. The van der Waals surface area contributed by atoms with Gasteiger partial charge in [0.1, 0.15) is 11.5 Å². The molecular formula is C17H21N5S. The van der Waals surface area contributed by atoms with Crippen molar-refractivity contribution in [3.8, 4) is 11.1 Å². The number of nitrogens with zero attached hydrogens (tertiary/aromatic N) is 2. The maximum absolute atomic E-state index is 4.56. The molecule has 1 aliphatic rings. The summed E-state index contributed by atoms with van der Waals surface area (Å²) in [6.45, 7) is 5.51. The average molecular weight is 327 g/mol. The van der Waals surface area contributed by atoms with E-state index in [0.29, 0.717) is 0 Å². The Labute approximate surface area is 139 Å². The first-order valence-corrected chi connectivity index (χ1v) is 8.88. The zero-order chi connectivity index (χ0) is 15.6. The third-order valence-corrected chi connectivity index (χ3v) is 5.26. The van der Waals surface area contributed by atoms with E-state index in [1.54, 1.807) is 0 Å². The van der Waals surface area contributed by atoms with Crippen LogP contribution in [0.15, 0.2) is 29.8 Å². The molecule has 4 rings (SSSR count). The van der Waals surface area contributed by atoms with Gasteiger partial charge in [0.2, 0.25) is 0 Å². The van der Waals surface area contributed by atoms with Crippen LogP contribution in [0.25, 0.3) is 22.2 Å². The van der Waals surface area contributed by atoms with Gasteiger partial charge in [-0.2, -0.15) is 0 Å². The Kier molecular flexibility index (Phi) is 4.03. The van der Waals surface area contributed by atoms with Gasteiger partial charge in [-0.25, -0.2) is 4.98 Å². The molecule has 6 heteroatoms. The van der Waals surface area contributed by atoms with Gasteiger partial charge in [-0.3, -0.25) is 4.90 Å². The molecule has 5 nitrogen and oxygen atoms in total. The van der Waals surface area contributed by atoms with Crippen molar-refractivity contribution in [2.24, 2.45) is 0 Å². The molecule has 23 heavy (non-hydrogen) atoms. The second-order valence-corrected chi connectivity index (χ2v) is 6.87. The fourth-order valence-electron chi connectivity index (χ4n) is 3.10. The van der Waals surface area contributed by atoms with Crippen LogP contribution in [0.3, 0.4) is 0 Å². The van der Waals surface area contributed by atoms with Crippen molar-refractivity contribution in [3.63, 3.8) is 0 Å². The lowest BCUT2D eigenvalue weighted by Gasteiger charge is -2.26. The maximum atomic E-state index is 4.56. The van der Waals surface area contributed by atoms with Crippen LogP contribution in [0.4, 0.5) is 5.82 Å². The van der Waals surface area contributed by atoms with Gasteiger partial charge in [0, 0.05) is 56.2 Å². The summed E-state index contributed by atoms with van der Waals surface area (Å²) < 4.78 is 0. The second-order valence-electron chi connectivity index (χ2n) is 5.87. The Balaban J connectivity index is 1.64. The highest BCUT2D eigenvalue weighted by Crippen LogP contribution is 2.33. The SMILES string of the molecule is CNc1cc(-c2csc(CN3CCNCC3)c2)c2cc[nH]c2n1. The molecule has 0 aliphatic carbocycles. The lowest BCUT2D eigenvalue weighted by molar-refractivity contribution is 0.235. The molecule has 4 heterocycles. The van der Waals surface area contributed by atoms with Crippen LogP contribution in [0.1, 0.15) is 4.88 Å². The molecule has 1 aliphatic heterocycles. The van der Waals surface area contributed by atoms with Crippen molar-refractivity contribution >= 4 is 28.2 Å². The van der Waals surface area contributed by atoms with Gasteiger partial charge in [-0.15, -0.1) is 11.3 Å². The molecule has 0 spiro atoms. The van der Waals surface area contributed by atoms with Crippen LogP contribution in [0.2, 0.25) is 0 Å². The summed E-state index contributed by atoms with van der Waals surface area (Å²) in [5.74, 6) is 0.893. The van der Waals surface area contributed by atoms with Crippen molar-refractivity contribution < 1.29 is 0 Å². The van der Waals surface area contributed by atoms with E-state index < -0.39 is 0 Å². The fourth-order valence-corrected chi connectivity index (χ4v) is 4.02. The Bertz CT molecular complexity index is 800. The topological polar surface area (TPSA) is 56.0 Å². The van der Waals surface area contributed by atoms with E-state index in [-0.39, 0.29) is 0 Å². The zero-order valence-electron chi connectivity index (χ0n) is 13.2. The molecule has 0 unspecified atom stereocenters. The first kappa shape index (κ1) is 14.7. The summed E-state index contributed by atoms with van der Waals surface area (Å²) in [4.78, 5) is 11.7. The largest absolute Gasteiger partial charge is 0.373 e. The van der Waals surface area contributed by atoms with Gasteiger partial charge in [-0.1, -0.05) is 0 Å². The minimum Gasteiger partial charge on any atom is -0.373 e. The number of fused-ring (bicyclic) bond motifs is 1. The number of hydrogen-bond acceptors (Lipinski definition) is 5. The standard InChI is InChI=1S/C17H21N5S/c1-18-16-9-15(14-2-3-20-17(14)21-16)12-8-13(23-11-12)10-22-6-4-19-5-7-22/h2-3,8-9,11,19H,4-7,10H2,1H3,(H2,18,20,21). The van der Waals surface area contributed by atoms with E-state index in [2.05, 4.69) is 49.1 Å². The summed E-state index contributed by atoms with van der Waals surface area (Å²) in [5, 5.41) is 9.99. The molecular weight excluding hydrogens is 306 g/mol. The fraction of sp³-hybridized carbons (Fsp3) is 0.353. The number of thiophene rings is 1. The van der Waals surface area contributed by atoms with Gasteiger partial charge in [0.25, 0.3) is 0 Å². The first-order valence-electron chi connectivity index (χ1n) is 8.00. The number of piperazine rings is 1. The molecule has 0 amide bonds. The number of nitrogens with one attached hydrogen (secondary N) is 3. The van der Waals surface area contributed by atoms with Crippen molar-refractivity contribution in [1.29, 1.82) is 0 Å². The minimum absolute atomic E-state index is 0.893. The lowest BCUT2D eigenvalue weighted by Crippen LogP contribution is -2.42. The van der Waals surface area contributed by atoms with E-state index in [4.69, 9.17) is 0 Å². The van der Waals surface area contributed by atoms with Crippen LogP contribution in [-0.4, -0.2) is 48.1 Å². The summed E-state index contributed by atoms with van der Waals surface area (Å²) in [5.41, 5.74) is 3.45. The number of aromatic amines is 1. The predicted molar refractivity (Wildman–Crippen MR) is 97.1 cm³/mol. The van der Waals surface area contributed by atoms with Crippen molar-refractivity contribution in [1.82, 2.24) is 20.2 Å². The molecule has 120 valence electrons. The molecule has 3 aromatic heterocycles. The van der Waals surface area contributed by atoms with E-state index in [1.807, 2.05) is 24.6 Å². The highest BCUT2D eigenvalue weighted by molar-refractivity contribution is 7.10. The van der Waals surface area contributed by atoms with Crippen molar-refractivity contribution in [2.45, 2.75) is 6.54 Å².